The van der Waals surface area contributed by atoms with Gasteiger partial charge in [-0.15, -0.1) is 0 Å². The molecule has 0 radical (unpaired) electrons. The summed E-state index contributed by atoms with van der Waals surface area (Å²) >= 11 is 2.11. The quantitative estimate of drug-likeness (QED) is 0.724. The summed E-state index contributed by atoms with van der Waals surface area (Å²) in [5, 5.41) is 8.07. The van der Waals surface area contributed by atoms with Crippen LogP contribution in [0.2, 0.25) is 0 Å². The van der Waals surface area contributed by atoms with E-state index in [0.717, 1.165) is 3.70 Å². The molecule has 0 fully saturated rings. The molecule has 6 heteroatoms. The molecular formula is C8H7IN4O. The van der Waals surface area contributed by atoms with Gasteiger partial charge in [0, 0.05) is 19.3 Å². The highest BCUT2D eigenvalue weighted by Crippen LogP contribution is 2.04. The zero-order valence-corrected chi connectivity index (χ0v) is 9.54. The van der Waals surface area contributed by atoms with Crippen molar-refractivity contribution in [3.63, 3.8) is 0 Å². The van der Waals surface area contributed by atoms with Crippen molar-refractivity contribution in [1.29, 1.82) is 0 Å². The Balaban J connectivity index is 2.53. The van der Waals surface area contributed by atoms with E-state index in [-0.39, 0.29) is 5.56 Å². The van der Waals surface area contributed by atoms with E-state index < -0.39 is 0 Å². The molecule has 14 heavy (non-hydrogen) atoms. The van der Waals surface area contributed by atoms with Crippen molar-refractivity contribution in [2.75, 3.05) is 0 Å². The SMILES string of the molecule is Cn1ncc(-n2ccc(I)n2)cc1=O. The molecule has 5 nitrogen and oxygen atoms in total. The predicted molar refractivity (Wildman–Crippen MR) is 59.3 cm³/mol. The van der Waals surface area contributed by atoms with Crippen LogP contribution >= 0.6 is 22.6 Å². The average Bonchev–Trinajstić information content (AvgIpc) is 2.57. The van der Waals surface area contributed by atoms with Crippen molar-refractivity contribution >= 4 is 22.6 Å². The second-order valence-corrected chi connectivity index (χ2v) is 3.86. The molecule has 2 aromatic heterocycles. The number of hydrogen-bond acceptors (Lipinski definition) is 3. The van der Waals surface area contributed by atoms with Crippen LogP contribution in [-0.2, 0) is 7.05 Å². The number of aryl methyl sites for hydroxylation is 1. The molecule has 0 saturated heterocycles. The molecule has 0 aromatic carbocycles. The maximum Gasteiger partial charge on any atom is 0.268 e. The van der Waals surface area contributed by atoms with Crippen LogP contribution in [0, 0.1) is 3.70 Å². The molecule has 0 spiro atoms. The fraction of sp³-hybridized carbons (Fsp3) is 0.125. The number of rotatable bonds is 1. The first-order valence-electron chi connectivity index (χ1n) is 3.92. The molecule has 72 valence electrons. The van der Waals surface area contributed by atoms with Crippen molar-refractivity contribution in [2.45, 2.75) is 0 Å². The van der Waals surface area contributed by atoms with Crippen LogP contribution in [0.1, 0.15) is 0 Å². The fourth-order valence-electron chi connectivity index (χ4n) is 1.03. The Morgan fingerprint density at radius 2 is 2.29 bits per heavy atom. The molecule has 0 unspecified atom stereocenters. The summed E-state index contributed by atoms with van der Waals surface area (Å²) in [6, 6.07) is 3.36. The van der Waals surface area contributed by atoms with E-state index >= 15 is 0 Å². The third-order valence-corrected chi connectivity index (χ3v) is 2.35. The van der Waals surface area contributed by atoms with E-state index in [2.05, 4.69) is 32.8 Å². The smallest absolute Gasteiger partial charge is 0.268 e. The standard InChI is InChI=1S/C8H7IN4O/c1-12-8(14)4-6(5-10-12)13-3-2-7(9)11-13/h2-5H,1H3. The fourth-order valence-corrected chi connectivity index (χ4v) is 1.42. The first-order valence-corrected chi connectivity index (χ1v) is 4.99. The molecule has 2 heterocycles. The minimum atomic E-state index is -0.145. The Morgan fingerprint density at radius 3 is 2.86 bits per heavy atom. The minimum Gasteiger partial charge on any atom is -0.268 e. The van der Waals surface area contributed by atoms with Crippen molar-refractivity contribution < 1.29 is 0 Å². The van der Waals surface area contributed by atoms with E-state index in [9.17, 15) is 4.79 Å². The van der Waals surface area contributed by atoms with Gasteiger partial charge in [-0.25, -0.2) is 9.36 Å². The van der Waals surface area contributed by atoms with Gasteiger partial charge in [-0.3, -0.25) is 4.79 Å². The van der Waals surface area contributed by atoms with E-state index in [1.807, 2.05) is 6.07 Å². The Kier molecular flexibility index (Phi) is 2.36. The molecular weight excluding hydrogens is 295 g/mol. The summed E-state index contributed by atoms with van der Waals surface area (Å²) < 4.78 is 3.77. The predicted octanol–water partition coefficient (Wildman–Crippen LogP) is 0.571. The van der Waals surface area contributed by atoms with Crippen LogP contribution in [0.5, 0.6) is 0 Å². The Hall–Kier alpha value is -1.18. The Bertz CT molecular complexity index is 516. The van der Waals surface area contributed by atoms with E-state index in [4.69, 9.17) is 0 Å². The van der Waals surface area contributed by atoms with Crippen LogP contribution in [0.3, 0.4) is 0 Å². The number of nitrogens with zero attached hydrogens (tertiary/aromatic N) is 4. The normalized spacial score (nSPS) is 10.4. The molecule has 2 aromatic rings. The number of aromatic nitrogens is 4. The van der Waals surface area contributed by atoms with Gasteiger partial charge in [0.05, 0.1) is 11.9 Å². The van der Waals surface area contributed by atoms with Gasteiger partial charge in [-0.05, 0) is 28.7 Å². The summed E-state index contributed by atoms with van der Waals surface area (Å²) in [5.41, 5.74) is 0.532. The molecule has 0 N–H and O–H groups in total. The first-order chi connectivity index (χ1) is 6.66. The first kappa shape index (κ1) is 9.38. The molecule has 0 aliphatic rings. The molecule has 0 aliphatic carbocycles. The van der Waals surface area contributed by atoms with Crippen molar-refractivity contribution in [1.82, 2.24) is 19.6 Å². The van der Waals surface area contributed by atoms with Crippen LogP contribution in [0.4, 0.5) is 0 Å². The van der Waals surface area contributed by atoms with Crippen molar-refractivity contribution in [3.8, 4) is 5.69 Å². The van der Waals surface area contributed by atoms with E-state index in [1.54, 1.807) is 24.1 Å². The summed E-state index contributed by atoms with van der Waals surface area (Å²) in [4.78, 5) is 11.3. The highest BCUT2D eigenvalue weighted by Gasteiger charge is 2.00. The van der Waals surface area contributed by atoms with E-state index in [1.165, 1.54) is 10.7 Å². The lowest BCUT2D eigenvalue weighted by Crippen LogP contribution is -2.19. The summed E-state index contributed by atoms with van der Waals surface area (Å²) in [6.45, 7) is 0. The summed E-state index contributed by atoms with van der Waals surface area (Å²) in [5.74, 6) is 0. The zero-order valence-electron chi connectivity index (χ0n) is 7.38. The summed E-state index contributed by atoms with van der Waals surface area (Å²) in [7, 11) is 1.61. The van der Waals surface area contributed by atoms with Crippen LogP contribution in [0.15, 0.2) is 29.3 Å². The lowest BCUT2D eigenvalue weighted by Gasteiger charge is -2.00. The minimum absolute atomic E-state index is 0.145. The van der Waals surface area contributed by atoms with Gasteiger partial charge in [0.25, 0.3) is 5.56 Å². The van der Waals surface area contributed by atoms with Gasteiger partial charge in [0.2, 0.25) is 0 Å². The van der Waals surface area contributed by atoms with Gasteiger partial charge < -0.3 is 0 Å². The zero-order chi connectivity index (χ0) is 10.1. The largest absolute Gasteiger partial charge is 0.268 e. The molecule has 2 rings (SSSR count). The lowest BCUT2D eigenvalue weighted by molar-refractivity contribution is 0.696. The molecule has 0 aliphatic heterocycles. The highest BCUT2D eigenvalue weighted by atomic mass is 127. The lowest BCUT2D eigenvalue weighted by atomic mass is 10.5. The topological polar surface area (TPSA) is 52.7 Å². The van der Waals surface area contributed by atoms with Gasteiger partial charge in [-0.2, -0.15) is 10.2 Å². The van der Waals surface area contributed by atoms with Crippen molar-refractivity contribution in [3.05, 3.63) is 38.6 Å². The van der Waals surface area contributed by atoms with Crippen molar-refractivity contribution in [2.24, 2.45) is 7.05 Å². The summed E-state index contributed by atoms with van der Waals surface area (Å²) in [6.07, 6.45) is 3.39. The molecule has 0 amide bonds. The second-order valence-electron chi connectivity index (χ2n) is 2.76. The second kappa shape index (κ2) is 3.52. The monoisotopic (exact) mass is 302 g/mol. The highest BCUT2D eigenvalue weighted by molar-refractivity contribution is 14.1. The maximum atomic E-state index is 11.3. The van der Waals surface area contributed by atoms with Crippen LogP contribution < -0.4 is 5.56 Å². The number of halogens is 1. The van der Waals surface area contributed by atoms with Gasteiger partial charge >= 0.3 is 0 Å². The van der Waals surface area contributed by atoms with Gasteiger partial charge in [-0.1, -0.05) is 0 Å². The van der Waals surface area contributed by atoms with Gasteiger partial charge in [0.15, 0.2) is 0 Å². The molecule has 0 saturated carbocycles. The van der Waals surface area contributed by atoms with Crippen LogP contribution in [0.25, 0.3) is 5.69 Å². The maximum absolute atomic E-state index is 11.3. The Labute approximate surface area is 93.5 Å². The molecule has 0 atom stereocenters. The third kappa shape index (κ3) is 1.69. The van der Waals surface area contributed by atoms with Crippen LogP contribution in [-0.4, -0.2) is 19.6 Å². The van der Waals surface area contributed by atoms with Gasteiger partial charge in [0.1, 0.15) is 3.70 Å². The third-order valence-electron chi connectivity index (χ3n) is 1.77. The average molecular weight is 302 g/mol. The Morgan fingerprint density at radius 1 is 1.50 bits per heavy atom. The van der Waals surface area contributed by atoms with E-state index in [0.29, 0.717) is 5.69 Å². The molecule has 0 bridgehead atoms. The number of hydrogen-bond donors (Lipinski definition) is 0.